The normalized spacial score (nSPS) is 21.2. The van der Waals surface area contributed by atoms with Gasteiger partial charge in [0.15, 0.2) is 0 Å². The van der Waals surface area contributed by atoms with Gasteiger partial charge in [-0.05, 0) is 34.8 Å². The van der Waals surface area contributed by atoms with E-state index in [9.17, 15) is 4.79 Å². The van der Waals surface area contributed by atoms with E-state index in [1.54, 1.807) is 0 Å². The highest BCUT2D eigenvalue weighted by molar-refractivity contribution is 9.10. The highest BCUT2D eigenvalue weighted by atomic mass is 79.9. The maximum Gasteiger partial charge on any atom is 0.223 e. The van der Waals surface area contributed by atoms with Gasteiger partial charge in [-0.1, -0.05) is 0 Å². The Morgan fingerprint density at radius 2 is 2.57 bits per heavy atom. The molecular formula is C9H12BrN3O. The zero-order valence-electron chi connectivity index (χ0n) is 7.74. The monoisotopic (exact) mass is 257 g/mol. The number of carbonyl (C=O) groups excluding carboxylic acids is 1. The molecule has 0 bridgehead atoms. The van der Waals surface area contributed by atoms with Crippen molar-refractivity contribution in [3.05, 3.63) is 16.9 Å². The molecule has 1 aromatic heterocycles. The highest BCUT2D eigenvalue weighted by Gasteiger charge is 2.23. The second-order valence-corrected chi connectivity index (χ2v) is 4.28. The lowest BCUT2D eigenvalue weighted by molar-refractivity contribution is -0.122. The van der Waals surface area contributed by atoms with E-state index in [1.807, 2.05) is 16.9 Å². The number of amides is 1. The van der Waals surface area contributed by atoms with Crippen molar-refractivity contribution in [2.45, 2.75) is 19.4 Å². The lowest BCUT2D eigenvalue weighted by atomic mass is 10.0. The van der Waals surface area contributed by atoms with Crippen molar-refractivity contribution in [1.29, 1.82) is 0 Å². The molecule has 0 spiro atoms. The smallest absolute Gasteiger partial charge is 0.223 e. The zero-order chi connectivity index (χ0) is 9.97. The number of nitrogens with zero attached hydrogens (tertiary/aromatic N) is 2. The molecular weight excluding hydrogens is 246 g/mol. The van der Waals surface area contributed by atoms with E-state index in [2.05, 4.69) is 26.3 Å². The van der Waals surface area contributed by atoms with Crippen LogP contribution < -0.4 is 5.32 Å². The molecule has 2 heterocycles. The summed E-state index contributed by atoms with van der Waals surface area (Å²) >= 11 is 3.29. The van der Waals surface area contributed by atoms with Crippen molar-refractivity contribution in [1.82, 2.24) is 15.1 Å². The Kier molecular flexibility index (Phi) is 2.86. The standard InChI is InChI=1S/C9H12BrN3O/c10-8-3-6-13(12-8)5-2-7-1-4-11-9(7)14/h3,6-7H,1-2,4-5H2,(H,11,14). The summed E-state index contributed by atoms with van der Waals surface area (Å²) in [5.74, 6) is 0.370. The van der Waals surface area contributed by atoms with E-state index >= 15 is 0 Å². The van der Waals surface area contributed by atoms with Crippen LogP contribution in [0, 0.1) is 5.92 Å². The Hall–Kier alpha value is -0.840. The van der Waals surface area contributed by atoms with Crippen LogP contribution in [-0.2, 0) is 11.3 Å². The minimum Gasteiger partial charge on any atom is -0.356 e. The lowest BCUT2D eigenvalue weighted by Gasteiger charge is -2.05. The first-order valence-electron chi connectivity index (χ1n) is 4.72. The second kappa shape index (κ2) is 4.13. The van der Waals surface area contributed by atoms with Crippen LogP contribution in [0.25, 0.3) is 0 Å². The van der Waals surface area contributed by atoms with Crippen LogP contribution in [0.2, 0.25) is 0 Å². The molecule has 0 saturated carbocycles. The van der Waals surface area contributed by atoms with Crippen LogP contribution in [-0.4, -0.2) is 22.2 Å². The van der Waals surface area contributed by atoms with Crippen LogP contribution >= 0.6 is 15.9 Å². The van der Waals surface area contributed by atoms with E-state index in [4.69, 9.17) is 0 Å². The van der Waals surface area contributed by atoms with E-state index < -0.39 is 0 Å². The molecule has 1 N–H and O–H groups in total. The highest BCUT2D eigenvalue weighted by Crippen LogP contribution is 2.15. The molecule has 0 radical (unpaired) electrons. The van der Waals surface area contributed by atoms with Gasteiger partial charge in [0.25, 0.3) is 0 Å². The fraction of sp³-hybridized carbons (Fsp3) is 0.556. The first kappa shape index (κ1) is 9.71. The van der Waals surface area contributed by atoms with Crippen molar-refractivity contribution >= 4 is 21.8 Å². The van der Waals surface area contributed by atoms with Gasteiger partial charge in [-0.25, -0.2) is 0 Å². The van der Waals surface area contributed by atoms with E-state index in [1.165, 1.54) is 0 Å². The fourth-order valence-electron chi connectivity index (χ4n) is 1.67. The average molecular weight is 258 g/mol. The lowest BCUT2D eigenvalue weighted by Crippen LogP contribution is -2.20. The number of rotatable bonds is 3. The Labute approximate surface area is 90.8 Å². The largest absolute Gasteiger partial charge is 0.356 e. The molecule has 76 valence electrons. The van der Waals surface area contributed by atoms with Crippen LogP contribution in [0.1, 0.15) is 12.8 Å². The van der Waals surface area contributed by atoms with Crippen LogP contribution in [0.3, 0.4) is 0 Å². The molecule has 0 aliphatic carbocycles. The van der Waals surface area contributed by atoms with Crippen molar-refractivity contribution in [3.63, 3.8) is 0 Å². The predicted octanol–water partition coefficient (Wildman–Crippen LogP) is 1.17. The van der Waals surface area contributed by atoms with Gasteiger partial charge in [-0.3, -0.25) is 9.48 Å². The SMILES string of the molecule is O=C1NCCC1CCn1ccc(Br)n1. The first-order chi connectivity index (χ1) is 6.75. The minimum atomic E-state index is 0.179. The Balaban J connectivity index is 1.85. The molecule has 0 aromatic carbocycles. The molecule has 1 saturated heterocycles. The quantitative estimate of drug-likeness (QED) is 0.884. The van der Waals surface area contributed by atoms with Crippen LogP contribution in [0.15, 0.2) is 16.9 Å². The van der Waals surface area contributed by atoms with Gasteiger partial charge >= 0.3 is 0 Å². The van der Waals surface area contributed by atoms with E-state index in [0.717, 1.165) is 30.5 Å². The predicted molar refractivity (Wildman–Crippen MR) is 55.7 cm³/mol. The Morgan fingerprint density at radius 1 is 1.71 bits per heavy atom. The van der Waals surface area contributed by atoms with E-state index in [0.29, 0.717) is 0 Å². The summed E-state index contributed by atoms with van der Waals surface area (Å²) in [6.45, 7) is 1.63. The second-order valence-electron chi connectivity index (χ2n) is 3.47. The minimum absolute atomic E-state index is 0.179. The van der Waals surface area contributed by atoms with Gasteiger partial charge in [0.1, 0.15) is 4.60 Å². The third-order valence-electron chi connectivity index (χ3n) is 2.48. The summed E-state index contributed by atoms with van der Waals surface area (Å²) in [6.07, 6.45) is 3.75. The number of halogens is 1. The number of hydrogen-bond acceptors (Lipinski definition) is 2. The van der Waals surface area contributed by atoms with Gasteiger partial charge < -0.3 is 5.32 Å². The molecule has 5 heteroatoms. The molecule has 1 aliphatic heterocycles. The van der Waals surface area contributed by atoms with Gasteiger partial charge in [-0.15, -0.1) is 0 Å². The van der Waals surface area contributed by atoms with Crippen molar-refractivity contribution < 1.29 is 4.79 Å². The van der Waals surface area contributed by atoms with Gasteiger partial charge in [0, 0.05) is 25.2 Å². The van der Waals surface area contributed by atoms with Gasteiger partial charge in [-0.2, -0.15) is 5.10 Å². The molecule has 2 rings (SSSR count). The summed E-state index contributed by atoms with van der Waals surface area (Å²) in [5.41, 5.74) is 0. The summed E-state index contributed by atoms with van der Waals surface area (Å²) < 4.78 is 2.70. The van der Waals surface area contributed by atoms with Crippen molar-refractivity contribution in [2.75, 3.05) is 6.54 Å². The molecule has 1 aromatic rings. The number of aryl methyl sites for hydroxylation is 1. The van der Waals surface area contributed by atoms with Gasteiger partial charge in [0.2, 0.25) is 5.91 Å². The fourth-order valence-corrected chi connectivity index (χ4v) is 1.99. The number of hydrogen-bond donors (Lipinski definition) is 1. The molecule has 1 fully saturated rings. The third-order valence-corrected chi connectivity index (χ3v) is 2.90. The molecule has 1 unspecified atom stereocenters. The first-order valence-corrected chi connectivity index (χ1v) is 5.51. The maximum atomic E-state index is 11.3. The van der Waals surface area contributed by atoms with Crippen LogP contribution in [0.4, 0.5) is 0 Å². The topological polar surface area (TPSA) is 46.9 Å². The Morgan fingerprint density at radius 3 is 3.14 bits per heavy atom. The molecule has 1 aliphatic rings. The Bertz CT molecular complexity index is 337. The molecule has 4 nitrogen and oxygen atoms in total. The summed E-state index contributed by atoms with van der Waals surface area (Å²) in [4.78, 5) is 11.3. The maximum absolute atomic E-state index is 11.3. The zero-order valence-corrected chi connectivity index (χ0v) is 9.33. The number of nitrogens with one attached hydrogen (secondary N) is 1. The summed E-state index contributed by atoms with van der Waals surface area (Å²) in [6, 6.07) is 1.90. The van der Waals surface area contributed by atoms with E-state index in [-0.39, 0.29) is 11.8 Å². The molecule has 1 amide bonds. The van der Waals surface area contributed by atoms with Gasteiger partial charge in [0.05, 0.1) is 0 Å². The number of aromatic nitrogens is 2. The summed E-state index contributed by atoms with van der Waals surface area (Å²) in [7, 11) is 0. The number of carbonyl (C=O) groups is 1. The third kappa shape index (κ3) is 2.15. The average Bonchev–Trinajstić information content (AvgIpc) is 2.72. The molecule has 1 atom stereocenters. The van der Waals surface area contributed by atoms with Crippen molar-refractivity contribution in [3.8, 4) is 0 Å². The van der Waals surface area contributed by atoms with Crippen molar-refractivity contribution in [2.24, 2.45) is 5.92 Å². The summed E-state index contributed by atoms with van der Waals surface area (Å²) in [5, 5.41) is 7.03. The molecule has 14 heavy (non-hydrogen) atoms. The van der Waals surface area contributed by atoms with Crippen LogP contribution in [0.5, 0.6) is 0 Å².